The van der Waals surface area contributed by atoms with Crippen molar-refractivity contribution in [3.63, 3.8) is 0 Å². The van der Waals surface area contributed by atoms with Gasteiger partial charge in [0.05, 0.1) is 19.4 Å². The maximum absolute atomic E-state index is 11.6. The highest BCUT2D eigenvalue weighted by Gasteiger charge is 2.23. The number of hydrogen-bond donors (Lipinski definition) is 0. The van der Waals surface area contributed by atoms with Crippen LogP contribution in [0.2, 0.25) is 0 Å². The van der Waals surface area contributed by atoms with Crippen LogP contribution in [0.1, 0.15) is 19.4 Å². The van der Waals surface area contributed by atoms with E-state index in [1.165, 1.54) is 12.7 Å². The highest BCUT2D eigenvalue weighted by Crippen LogP contribution is 2.42. The lowest BCUT2D eigenvalue weighted by molar-refractivity contribution is -0.116. The van der Waals surface area contributed by atoms with Gasteiger partial charge in [0.1, 0.15) is 0 Å². The van der Waals surface area contributed by atoms with Gasteiger partial charge in [0.25, 0.3) is 5.69 Å². The third-order valence-corrected chi connectivity index (χ3v) is 3.94. The van der Waals surface area contributed by atoms with Gasteiger partial charge in [0.15, 0.2) is 6.40 Å². The summed E-state index contributed by atoms with van der Waals surface area (Å²) in [6, 6.07) is 5.83. The summed E-state index contributed by atoms with van der Waals surface area (Å²) in [5.74, 6) is 0.276. The summed E-state index contributed by atoms with van der Waals surface area (Å²) in [5.41, 5.74) is 3.96. The zero-order valence-electron chi connectivity index (χ0n) is 13.6. The fourth-order valence-corrected chi connectivity index (χ4v) is 2.80. The van der Waals surface area contributed by atoms with Crippen molar-refractivity contribution in [1.29, 1.82) is 0 Å². The molecule has 0 saturated carbocycles. The van der Waals surface area contributed by atoms with Crippen molar-refractivity contribution in [2.45, 2.75) is 20.3 Å². The summed E-state index contributed by atoms with van der Waals surface area (Å²) >= 11 is 0. The van der Waals surface area contributed by atoms with Crippen molar-refractivity contribution in [2.24, 2.45) is 4.99 Å². The molecule has 1 amide bonds. The number of nitrogens with zero attached hydrogens (tertiary/aromatic N) is 3. The first-order valence-corrected chi connectivity index (χ1v) is 7.70. The molecule has 0 unspecified atom stereocenters. The number of amides is 1. The maximum atomic E-state index is 11.6. The Labute approximate surface area is 140 Å². The van der Waals surface area contributed by atoms with Gasteiger partial charge in [-0.1, -0.05) is 12.1 Å². The Kier molecular flexibility index (Phi) is 4.34. The lowest BCUT2D eigenvalue weighted by atomic mass is 10.0. The number of carbonyl (C=O) groups is 1. The average Bonchev–Trinajstić information content (AvgIpc) is 3.17. The number of benzene rings is 1. The predicted molar refractivity (Wildman–Crippen MR) is 91.9 cm³/mol. The van der Waals surface area contributed by atoms with E-state index in [4.69, 9.17) is 15.7 Å². The Hall–Kier alpha value is -3.07. The number of fused-ring (bicyclic) bond motifs is 1. The van der Waals surface area contributed by atoms with Gasteiger partial charge in [0, 0.05) is 24.7 Å². The zero-order chi connectivity index (χ0) is 17.1. The van der Waals surface area contributed by atoms with Crippen molar-refractivity contribution in [3.05, 3.63) is 41.4 Å². The molecule has 1 aromatic heterocycles. The van der Waals surface area contributed by atoms with Crippen LogP contribution in [0.15, 0.2) is 33.9 Å². The number of aliphatic imine (C=N–C) groups is 1. The SMILES string of the molecule is [C-]#[N+]c1c(-c2ccc3c(c2)CCN3C(C)=O)coc1/N=C/OCC. The first kappa shape index (κ1) is 15.8. The van der Waals surface area contributed by atoms with E-state index in [0.717, 1.165) is 23.2 Å². The van der Waals surface area contributed by atoms with Crippen LogP contribution in [0.25, 0.3) is 16.0 Å². The molecule has 1 aliphatic rings. The van der Waals surface area contributed by atoms with Gasteiger partial charge in [-0.05, 0) is 30.5 Å². The Bertz CT molecular complexity index is 846. The number of hydrogen-bond acceptors (Lipinski definition) is 4. The molecule has 6 nitrogen and oxygen atoms in total. The number of furan rings is 1. The van der Waals surface area contributed by atoms with Gasteiger partial charge in [-0.15, -0.1) is 0 Å². The van der Waals surface area contributed by atoms with E-state index >= 15 is 0 Å². The standard InChI is InChI=1S/C18H17N3O3/c1-4-23-11-20-18-17(19-3)15(10-24-18)13-5-6-16-14(9-13)7-8-21(16)12(2)22/h5-6,9-11H,4,7-8H2,1-2H3/b20-11+. The van der Waals surface area contributed by atoms with Crippen LogP contribution >= 0.6 is 0 Å². The van der Waals surface area contributed by atoms with Gasteiger partial charge in [0.2, 0.25) is 11.8 Å². The summed E-state index contributed by atoms with van der Waals surface area (Å²) in [5, 5.41) is 0. The first-order chi connectivity index (χ1) is 11.7. The molecule has 2 aromatic rings. The van der Waals surface area contributed by atoms with E-state index in [-0.39, 0.29) is 11.8 Å². The smallest absolute Gasteiger partial charge is 0.258 e. The van der Waals surface area contributed by atoms with Crippen molar-refractivity contribution in [1.82, 2.24) is 0 Å². The fraction of sp³-hybridized carbons (Fsp3) is 0.278. The summed E-state index contributed by atoms with van der Waals surface area (Å²) in [4.78, 5) is 21.0. The van der Waals surface area contributed by atoms with E-state index in [1.807, 2.05) is 25.1 Å². The zero-order valence-corrected chi connectivity index (χ0v) is 13.6. The fourth-order valence-electron chi connectivity index (χ4n) is 2.80. The van der Waals surface area contributed by atoms with E-state index in [2.05, 4.69) is 9.84 Å². The van der Waals surface area contributed by atoms with E-state index in [9.17, 15) is 4.79 Å². The molecule has 6 heteroatoms. The van der Waals surface area contributed by atoms with Gasteiger partial charge in [-0.25, -0.2) is 4.85 Å². The lowest BCUT2D eigenvalue weighted by Crippen LogP contribution is -2.25. The summed E-state index contributed by atoms with van der Waals surface area (Å²) in [6.07, 6.45) is 3.62. The van der Waals surface area contributed by atoms with Crippen LogP contribution in [0.3, 0.4) is 0 Å². The molecule has 122 valence electrons. The monoisotopic (exact) mass is 323 g/mol. The Morgan fingerprint density at radius 3 is 3.08 bits per heavy atom. The second-order valence-electron chi connectivity index (χ2n) is 5.37. The molecule has 0 saturated heterocycles. The predicted octanol–water partition coefficient (Wildman–Crippen LogP) is 4.10. The van der Waals surface area contributed by atoms with Gasteiger partial charge in [-0.2, -0.15) is 4.99 Å². The molecule has 0 bridgehead atoms. The van der Waals surface area contributed by atoms with Crippen molar-refractivity contribution >= 4 is 29.6 Å². The third kappa shape index (κ3) is 2.76. The van der Waals surface area contributed by atoms with Crippen LogP contribution in [-0.4, -0.2) is 25.5 Å². The molecule has 0 aliphatic carbocycles. The first-order valence-electron chi connectivity index (χ1n) is 7.70. The Balaban J connectivity index is 1.96. The van der Waals surface area contributed by atoms with Crippen LogP contribution < -0.4 is 4.90 Å². The number of carbonyl (C=O) groups excluding carboxylic acids is 1. The topological polar surface area (TPSA) is 59.4 Å². The second-order valence-corrected chi connectivity index (χ2v) is 5.37. The summed E-state index contributed by atoms with van der Waals surface area (Å²) in [6.45, 7) is 12.0. The third-order valence-electron chi connectivity index (χ3n) is 3.94. The normalized spacial score (nSPS) is 13.1. The van der Waals surface area contributed by atoms with Gasteiger partial charge in [-0.3, -0.25) is 4.79 Å². The molecule has 0 radical (unpaired) electrons. The van der Waals surface area contributed by atoms with E-state index in [1.54, 1.807) is 11.8 Å². The molecular weight excluding hydrogens is 306 g/mol. The summed E-state index contributed by atoms with van der Waals surface area (Å²) < 4.78 is 10.5. The minimum Gasteiger partial charge on any atom is -0.483 e. The molecular formula is C18H17N3O3. The minimum atomic E-state index is 0.0409. The number of ether oxygens (including phenoxy) is 1. The molecule has 1 aromatic carbocycles. The molecule has 0 spiro atoms. The average molecular weight is 323 g/mol. The summed E-state index contributed by atoms with van der Waals surface area (Å²) in [7, 11) is 0. The number of rotatable bonds is 4. The largest absolute Gasteiger partial charge is 0.483 e. The molecule has 0 N–H and O–H groups in total. The highest BCUT2D eigenvalue weighted by molar-refractivity contribution is 5.95. The highest BCUT2D eigenvalue weighted by atomic mass is 16.5. The van der Waals surface area contributed by atoms with E-state index in [0.29, 0.717) is 24.4 Å². The van der Waals surface area contributed by atoms with Crippen molar-refractivity contribution in [2.75, 3.05) is 18.1 Å². The van der Waals surface area contributed by atoms with Crippen LogP contribution in [0.4, 0.5) is 17.3 Å². The van der Waals surface area contributed by atoms with Crippen LogP contribution in [-0.2, 0) is 16.0 Å². The molecule has 0 atom stereocenters. The van der Waals surface area contributed by atoms with Gasteiger partial charge >= 0.3 is 0 Å². The van der Waals surface area contributed by atoms with Crippen molar-refractivity contribution in [3.8, 4) is 11.1 Å². The molecule has 1 aliphatic heterocycles. The quantitative estimate of drug-likeness (QED) is 0.483. The molecule has 3 rings (SSSR count). The Morgan fingerprint density at radius 2 is 2.38 bits per heavy atom. The van der Waals surface area contributed by atoms with Gasteiger partial charge < -0.3 is 14.1 Å². The van der Waals surface area contributed by atoms with Crippen molar-refractivity contribution < 1.29 is 13.9 Å². The molecule has 0 fully saturated rings. The van der Waals surface area contributed by atoms with E-state index < -0.39 is 0 Å². The molecule has 2 heterocycles. The molecule has 24 heavy (non-hydrogen) atoms. The maximum Gasteiger partial charge on any atom is 0.258 e. The second kappa shape index (κ2) is 6.59. The van der Waals surface area contributed by atoms with Crippen LogP contribution in [0, 0.1) is 6.57 Å². The lowest BCUT2D eigenvalue weighted by Gasteiger charge is -2.14. The minimum absolute atomic E-state index is 0.0409. The van der Waals surface area contributed by atoms with Crippen LogP contribution in [0.5, 0.6) is 0 Å². The Morgan fingerprint density at radius 1 is 1.54 bits per heavy atom. The number of anilines is 1.